The smallest absolute Gasteiger partial charge is 0.193 e. The van der Waals surface area contributed by atoms with Crippen LogP contribution in [0.2, 0.25) is 0 Å². The van der Waals surface area contributed by atoms with E-state index in [2.05, 4.69) is 34.5 Å². The highest BCUT2D eigenvalue weighted by molar-refractivity contribution is 14.0. The van der Waals surface area contributed by atoms with E-state index >= 15 is 0 Å². The van der Waals surface area contributed by atoms with E-state index in [1.165, 1.54) is 5.56 Å². The first-order chi connectivity index (χ1) is 14.0. The van der Waals surface area contributed by atoms with Gasteiger partial charge in [0.15, 0.2) is 5.96 Å². The highest BCUT2D eigenvalue weighted by atomic mass is 127. The summed E-state index contributed by atoms with van der Waals surface area (Å²) in [6, 6.07) is 15.7. The minimum Gasteiger partial charge on any atom is -0.497 e. The van der Waals surface area contributed by atoms with Gasteiger partial charge in [0.25, 0.3) is 0 Å². The number of aryl methyl sites for hydroxylation is 1. The summed E-state index contributed by atoms with van der Waals surface area (Å²) < 4.78 is 12.6. The predicted octanol–water partition coefficient (Wildman–Crippen LogP) is 4.11. The van der Waals surface area contributed by atoms with Crippen molar-refractivity contribution in [2.24, 2.45) is 10.7 Å². The Labute approximate surface area is 194 Å². The number of aromatic nitrogens is 2. The number of benzene rings is 2. The monoisotopic (exact) mass is 521 g/mol. The van der Waals surface area contributed by atoms with Crippen LogP contribution in [0.3, 0.4) is 0 Å². The lowest BCUT2D eigenvalue weighted by Crippen LogP contribution is -2.23. The highest BCUT2D eigenvalue weighted by Gasteiger charge is 2.12. The summed E-state index contributed by atoms with van der Waals surface area (Å²) in [4.78, 5) is 4.50. The lowest BCUT2D eigenvalue weighted by atomic mass is 10.2. The average Bonchev–Trinajstić information content (AvgIpc) is 2.99. The maximum absolute atomic E-state index is 6.11. The van der Waals surface area contributed by atoms with Gasteiger partial charge < -0.3 is 20.5 Å². The van der Waals surface area contributed by atoms with Gasteiger partial charge in [-0.15, -0.1) is 24.0 Å². The molecule has 8 heteroatoms. The molecule has 3 N–H and O–H groups in total. The zero-order valence-electron chi connectivity index (χ0n) is 17.7. The van der Waals surface area contributed by atoms with Gasteiger partial charge in [-0.3, -0.25) is 4.68 Å². The van der Waals surface area contributed by atoms with E-state index in [0.717, 1.165) is 23.5 Å². The van der Waals surface area contributed by atoms with Crippen LogP contribution in [0.4, 0.5) is 5.69 Å². The summed E-state index contributed by atoms with van der Waals surface area (Å²) in [6.45, 7) is 5.22. The van der Waals surface area contributed by atoms with E-state index < -0.39 is 0 Å². The molecule has 30 heavy (non-hydrogen) atoms. The normalized spacial score (nSPS) is 11.0. The van der Waals surface area contributed by atoms with Gasteiger partial charge in [-0.05, 0) is 31.5 Å². The van der Waals surface area contributed by atoms with Crippen LogP contribution < -0.4 is 20.5 Å². The van der Waals surface area contributed by atoms with Gasteiger partial charge in [-0.2, -0.15) is 5.10 Å². The number of aliphatic imine (C=N–C) groups is 1. The van der Waals surface area contributed by atoms with Gasteiger partial charge >= 0.3 is 0 Å². The molecule has 0 atom stereocenters. The molecule has 160 valence electrons. The third-order valence-corrected chi connectivity index (χ3v) is 4.78. The first-order valence-electron chi connectivity index (χ1n) is 9.37. The summed E-state index contributed by atoms with van der Waals surface area (Å²) in [5.41, 5.74) is 11.1. The average molecular weight is 521 g/mol. The molecular formula is C22H28IN5O2. The Morgan fingerprint density at radius 1 is 1.10 bits per heavy atom. The van der Waals surface area contributed by atoms with E-state index in [1.54, 1.807) is 14.2 Å². The Hall–Kier alpha value is -2.75. The molecule has 0 aliphatic carbocycles. The van der Waals surface area contributed by atoms with Gasteiger partial charge in [0.05, 0.1) is 38.7 Å². The summed E-state index contributed by atoms with van der Waals surface area (Å²) >= 11 is 0. The van der Waals surface area contributed by atoms with Crippen LogP contribution in [0.15, 0.2) is 53.5 Å². The molecule has 1 heterocycles. The fourth-order valence-corrected chi connectivity index (χ4v) is 3.13. The van der Waals surface area contributed by atoms with E-state index in [1.807, 2.05) is 48.0 Å². The van der Waals surface area contributed by atoms with Crippen LogP contribution in [0.5, 0.6) is 11.5 Å². The van der Waals surface area contributed by atoms with Crippen molar-refractivity contribution in [2.45, 2.75) is 26.9 Å². The van der Waals surface area contributed by atoms with E-state index in [-0.39, 0.29) is 24.0 Å². The topological polar surface area (TPSA) is 86.7 Å². The fraction of sp³-hybridized carbons (Fsp3) is 0.273. The van der Waals surface area contributed by atoms with Crippen molar-refractivity contribution in [3.05, 3.63) is 71.0 Å². The number of hydrogen-bond donors (Lipinski definition) is 2. The number of nitrogens with one attached hydrogen (secondary N) is 1. The van der Waals surface area contributed by atoms with Crippen LogP contribution in [0, 0.1) is 13.8 Å². The van der Waals surface area contributed by atoms with Crippen molar-refractivity contribution in [3.63, 3.8) is 0 Å². The number of nitrogens with zero attached hydrogens (tertiary/aromatic N) is 3. The summed E-state index contributed by atoms with van der Waals surface area (Å²) in [5.74, 6) is 1.66. The summed E-state index contributed by atoms with van der Waals surface area (Å²) in [7, 11) is 3.22. The van der Waals surface area contributed by atoms with Gasteiger partial charge in [-0.25, -0.2) is 4.99 Å². The van der Waals surface area contributed by atoms with Crippen molar-refractivity contribution < 1.29 is 9.47 Å². The third-order valence-electron chi connectivity index (χ3n) is 4.78. The minimum atomic E-state index is 0. The predicted molar refractivity (Wildman–Crippen MR) is 131 cm³/mol. The molecule has 0 fully saturated rings. The van der Waals surface area contributed by atoms with Crippen molar-refractivity contribution in [3.8, 4) is 11.5 Å². The molecule has 0 bridgehead atoms. The number of hydrogen-bond acceptors (Lipinski definition) is 4. The fourth-order valence-electron chi connectivity index (χ4n) is 3.13. The summed E-state index contributed by atoms with van der Waals surface area (Å²) in [5, 5.41) is 7.75. The minimum absolute atomic E-state index is 0. The van der Waals surface area contributed by atoms with Gasteiger partial charge in [0.1, 0.15) is 11.5 Å². The Morgan fingerprint density at radius 2 is 1.83 bits per heavy atom. The van der Waals surface area contributed by atoms with Crippen LogP contribution >= 0.6 is 24.0 Å². The van der Waals surface area contributed by atoms with Crippen LogP contribution in [-0.4, -0.2) is 30.0 Å². The van der Waals surface area contributed by atoms with E-state index in [9.17, 15) is 0 Å². The zero-order chi connectivity index (χ0) is 20.8. The number of anilines is 1. The summed E-state index contributed by atoms with van der Waals surface area (Å²) in [6.07, 6.45) is 0. The van der Waals surface area contributed by atoms with Gasteiger partial charge in [0.2, 0.25) is 0 Å². The number of ether oxygens (including phenoxy) is 2. The largest absolute Gasteiger partial charge is 0.497 e. The zero-order valence-corrected chi connectivity index (χ0v) is 20.0. The van der Waals surface area contributed by atoms with Crippen molar-refractivity contribution >= 4 is 35.6 Å². The van der Waals surface area contributed by atoms with Gasteiger partial charge in [0, 0.05) is 17.3 Å². The molecule has 2 aromatic carbocycles. The second-order valence-electron chi connectivity index (χ2n) is 6.69. The molecule has 7 nitrogen and oxygen atoms in total. The number of nitrogens with two attached hydrogens (primary N) is 1. The van der Waals surface area contributed by atoms with E-state index in [0.29, 0.717) is 29.7 Å². The van der Waals surface area contributed by atoms with Crippen LogP contribution in [-0.2, 0) is 13.1 Å². The number of methoxy groups -OCH3 is 2. The molecule has 0 spiro atoms. The Balaban J connectivity index is 0.00000320. The first-order valence-corrected chi connectivity index (χ1v) is 9.37. The SMILES string of the molecule is COc1ccc(OC)c(NC(N)=NCc2c(C)nn(Cc3ccccc3)c2C)c1.I. The maximum atomic E-state index is 6.11. The van der Waals surface area contributed by atoms with Crippen molar-refractivity contribution in [2.75, 3.05) is 19.5 Å². The number of rotatable bonds is 7. The molecule has 0 unspecified atom stereocenters. The third kappa shape index (κ3) is 5.65. The molecule has 3 rings (SSSR count). The quantitative estimate of drug-likeness (QED) is 0.278. The Morgan fingerprint density at radius 3 is 2.50 bits per heavy atom. The molecule has 0 saturated heterocycles. The Kier molecular flexibility index (Phi) is 8.52. The number of halogens is 1. The van der Waals surface area contributed by atoms with E-state index in [4.69, 9.17) is 15.2 Å². The highest BCUT2D eigenvalue weighted by Crippen LogP contribution is 2.28. The second-order valence-corrected chi connectivity index (χ2v) is 6.69. The molecule has 0 aliphatic rings. The van der Waals surface area contributed by atoms with Crippen LogP contribution in [0.1, 0.15) is 22.5 Å². The lowest BCUT2D eigenvalue weighted by molar-refractivity contribution is 0.405. The first kappa shape index (κ1) is 23.5. The lowest BCUT2D eigenvalue weighted by Gasteiger charge is -2.12. The van der Waals surface area contributed by atoms with Crippen LogP contribution in [0.25, 0.3) is 0 Å². The molecular weight excluding hydrogens is 493 g/mol. The molecule has 1 aromatic heterocycles. The standard InChI is InChI=1S/C22H27N5O2.HI/c1-15-19(16(2)27(26-15)14-17-8-6-5-7-9-17)13-24-22(23)25-20-12-18(28-3)10-11-21(20)29-4;/h5-12H,13-14H2,1-4H3,(H3,23,24,25);1H. The molecule has 0 aliphatic heterocycles. The molecule has 0 amide bonds. The molecule has 3 aromatic rings. The Bertz CT molecular complexity index is 1000. The second kappa shape index (κ2) is 10.9. The van der Waals surface area contributed by atoms with Crippen molar-refractivity contribution in [1.82, 2.24) is 9.78 Å². The van der Waals surface area contributed by atoms with Crippen molar-refractivity contribution in [1.29, 1.82) is 0 Å². The maximum Gasteiger partial charge on any atom is 0.193 e. The number of guanidine groups is 1. The van der Waals surface area contributed by atoms with Gasteiger partial charge in [-0.1, -0.05) is 30.3 Å². The molecule has 0 saturated carbocycles. The molecule has 0 radical (unpaired) electrons.